The summed E-state index contributed by atoms with van der Waals surface area (Å²) in [6, 6.07) is 22.4. The van der Waals surface area contributed by atoms with Crippen molar-refractivity contribution in [3.63, 3.8) is 0 Å². The van der Waals surface area contributed by atoms with Crippen LogP contribution in [-0.4, -0.2) is 29.9 Å². The molecule has 0 unspecified atom stereocenters. The van der Waals surface area contributed by atoms with Crippen molar-refractivity contribution in [3.05, 3.63) is 95.7 Å². The largest absolute Gasteiger partial charge is 0.473 e. The van der Waals surface area contributed by atoms with Gasteiger partial charge in [-0.05, 0) is 16.7 Å². The minimum Gasteiger partial charge on any atom is -0.473 e. The van der Waals surface area contributed by atoms with Crippen LogP contribution in [-0.2, 0) is 33.9 Å². The first-order valence-corrected chi connectivity index (χ1v) is 9.62. The zero-order chi connectivity index (χ0) is 21.9. The summed E-state index contributed by atoms with van der Waals surface area (Å²) < 4.78 is 15.5. The molecule has 31 heavy (non-hydrogen) atoms. The molecule has 1 amide bonds. The van der Waals surface area contributed by atoms with Gasteiger partial charge in [0.1, 0.15) is 18.9 Å². The normalized spacial score (nSPS) is 10.9. The van der Waals surface area contributed by atoms with E-state index in [4.69, 9.17) is 14.2 Å². The fourth-order valence-corrected chi connectivity index (χ4v) is 2.66. The van der Waals surface area contributed by atoms with Crippen LogP contribution in [0.5, 0.6) is 5.88 Å². The summed E-state index contributed by atoms with van der Waals surface area (Å²) in [5.41, 5.74) is 2.45. The molecule has 0 aliphatic rings. The monoisotopic (exact) mass is 418 g/mol. The van der Waals surface area contributed by atoms with Crippen molar-refractivity contribution < 1.29 is 23.8 Å². The van der Waals surface area contributed by atoms with E-state index < -0.39 is 12.1 Å². The van der Waals surface area contributed by atoms with Crippen molar-refractivity contribution in [2.75, 3.05) is 7.11 Å². The van der Waals surface area contributed by atoms with Gasteiger partial charge in [0.15, 0.2) is 0 Å². The number of carbonyl (C=O) groups excluding carboxylic acids is 2. The van der Waals surface area contributed by atoms with E-state index in [1.165, 1.54) is 7.11 Å². The van der Waals surface area contributed by atoms with Crippen LogP contribution < -0.4 is 4.74 Å². The molecular formula is C24H22N2O5. The Labute approximate surface area is 180 Å². The zero-order valence-corrected chi connectivity index (χ0v) is 17.1. The summed E-state index contributed by atoms with van der Waals surface area (Å²) in [6.07, 6.45) is 0.771. The molecule has 0 saturated heterocycles. The highest BCUT2D eigenvalue weighted by Crippen LogP contribution is 2.12. The molecule has 2 aromatic carbocycles. The summed E-state index contributed by atoms with van der Waals surface area (Å²) in [4.78, 5) is 32.1. The second kappa shape index (κ2) is 11.3. The Morgan fingerprint density at radius 1 is 0.839 bits per heavy atom. The lowest BCUT2D eigenvalue weighted by molar-refractivity contribution is -0.132. The van der Waals surface area contributed by atoms with Gasteiger partial charge in [-0.15, -0.1) is 0 Å². The molecule has 1 aromatic heterocycles. The van der Waals surface area contributed by atoms with E-state index in [0.29, 0.717) is 18.1 Å². The molecule has 7 nitrogen and oxygen atoms in total. The summed E-state index contributed by atoms with van der Waals surface area (Å²) >= 11 is 0. The average Bonchev–Trinajstić information content (AvgIpc) is 2.82. The second-order valence-electron chi connectivity index (χ2n) is 6.55. The lowest BCUT2D eigenvalue weighted by atomic mass is 10.1. The molecule has 158 valence electrons. The van der Waals surface area contributed by atoms with Gasteiger partial charge in [-0.1, -0.05) is 66.7 Å². The Hall–Kier alpha value is -4.00. The molecule has 7 heteroatoms. The van der Waals surface area contributed by atoms with Gasteiger partial charge in [0.25, 0.3) is 0 Å². The standard InChI is InChI=1S/C24H22N2O5/c1-29-23(27)21(26-24(28)31-17-19-10-6-3-7-11-19)14-20-12-13-22(25-15-20)30-16-18-8-4-2-5-9-18/h2-13,15H,14,16-17H2,1H3. The van der Waals surface area contributed by atoms with E-state index in [1.807, 2.05) is 60.7 Å². The van der Waals surface area contributed by atoms with Gasteiger partial charge in [0, 0.05) is 18.7 Å². The summed E-state index contributed by atoms with van der Waals surface area (Å²) in [5, 5.41) is 0. The van der Waals surface area contributed by atoms with Gasteiger partial charge in [-0.2, -0.15) is 4.99 Å². The van der Waals surface area contributed by atoms with Crippen LogP contribution in [0, 0.1) is 0 Å². The van der Waals surface area contributed by atoms with Crippen LogP contribution in [0.25, 0.3) is 0 Å². The number of rotatable bonds is 8. The summed E-state index contributed by atoms with van der Waals surface area (Å²) in [7, 11) is 1.23. The third kappa shape index (κ3) is 7.08. The third-order valence-electron chi connectivity index (χ3n) is 4.25. The highest BCUT2D eigenvalue weighted by atomic mass is 16.5. The van der Waals surface area contributed by atoms with Crippen LogP contribution in [0.15, 0.2) is 84.0 Å². The molecule has 3 aromatic rings. The smallest absolute Gasteiger partial charge is 0.434 e. The van der Waals surface area contributed by atoms with Crippen LogP contribution in [0.2, 0.25) is 0 Å². The van der Waals surface area contributed by atoms with E-state index in [1.54, 1.807) is 18.3 Å². The third-order valence-corrected chi connectivity index (χ3v) is 4.25. The number of esters is 1. The number of ether oxygens (including phenoxy) is 3. The average molecular weight is 418 g/mol. The van der Waals surface area contributed by atoms with Crippen LogP contribution in [0.4, 0.5) is 4.79 Å². The topological polar surface area (TPSA) is 87.1 Å². The predicted octanol–water partition coefficient (Wildman–Crippen LogP) is 4.15. The van der Waals surface area contributed by atoms with Crippen molar-refractivity contribution >= 4 is 17.8 Å². The number of benzene rings is 2. The van der Waals surface area contributed by atoms with Gasteiger partial charge in [-0.25, -0.2) is 14.6 Å². The Morgan fingerprint density at radius 2 is 1.48 bits per heavy atom. The maximum Gasteiger partial charge on any atom is 0.434 e. The molecule has 0 radical (unpaired) electrons. The molecule has 1 heterocycles. The van der Waals surface area contributed by atoms with Crippen molar-refractivity contribution in [3.8, 4) is 5.88 Å². The van der Waals surface area contributed by atoms with E-state index in [-0.39, 0.29) is 18.7 Å². The lowest BCUT2D eigenvalue weighted by Crippen LogP contribution is -2.20. The zero-order valence-electron chi connectivity index (χ0n) is 17.1. The predicted molar refractivity (Wildman–Crippen MR) is 115 cm³/mol. The van der Waals surface area contributed by atoms with Crippen molar-refractivity contribution in [1.29, 1.82) is 0 Å². The van der Waals surface area contributed by atoms with Crippen LogP contribution >= 0.6 is 0 Å². The van der Waals surface area contributed by atoms with Gasteiger partial charge < -0.3 is 14.2 Å². The molecule has 0 fully saturated rings. The number of pyridine rings is 1. The van der Waals surface area contributed by atoms with Crippen molar-refractivity contribution in [2.45, 2.75) is 19.6 Å². The van der Waals surface area contributed by atoms with E-state index >= 15 is 0 Å². The molecule has 0 atom stereocenters. The fraction of sp³-hybridized carbons (Fsp3) is 0.167. The molecule has 3 rings (SSSR count). The minimum absolute atomic E-state index is 0.0621. The summed E-state index contributed by atoms with van der Waals surface area (Å²) in [5.74, 6) is -0.257. The molecule has 0 aliphatic carbocycles. The van der Waals surface area contributed by atoms with Gasteiger partial charge in [0.2, 0.25) is 5.88 Å². The quantitative estimate of drug-likeness (QED) is 0.403. The molecule has 0 aliphatic heterocycles. The SMILES string of the molecule is COC(=O)C(Cc1ccc(OCc2ccccc2)nc1)=NC(=O)OCc1ccccc1. The highest BCUT2D eigenvalue weighted by molar-refractivity contribution is 6.38. The number of aromatic nitrogens is 1. The number of hydrogen-bond donors (Lipinski definition) is 0. The fourth-order valence-electron chi connectivity index (χ4n) is 2.66. The maximum absolute atomic E-state index is 12.1. The first-order chi connectivity index (χ1) is 15.1. The summed E-state index contributed by atoms with van der Waals surface area (Å²) in [6.45, 7) is 0.460. The van der Waals surface area contributed by atoms with Crippen molar-refractivity contribution in [1.82, 2.24) is 4.98 Å². The number of carbonyl (C=O) groups is 2. The lowest BCUT2D eigenvalue weighted by Gasteiger charge is -2.08. The Kier molecular flexibility index (Phi) is 7.88. The molecule has 0 N–H and O–H groups in total. The first-order valence-electron chi connectivity index (χ1n) is 9.62. The van der Waals surface area contributed by atoms with Gasteiger partial charge in [0.05, 0.1) is 7.11 Å². The van der Waals surface area contributed by atoms with Gasteiger partial charge in [-0.3, -0.25) is 0 Å². The second-order valence-corrected chi connectivity index (χ2v) is 6.55. The molecule has 0 bridgehead atoms. The molecule has 0 saturated carbocycles. The first kappa shape index (κ1) is 21.7. The van der Waals surface area contributed by atoms with Gasteiger partial charge >= 0.3 is 12.1 Å². The number of amides is 1. The Bertz CT molecular complexity index is 1020. The minimum atomic E-state index is -0.861. The Balaban J connectivity index is 1.60. The molecular weight excluding hydrogens is 396 g/mol. The van der Waals surface area contributed by atoms with Crippen molar-refractivity contribution in [2.24, 2.45) is 4.99 Å². The number of hydrogen-bond acceptors (Lipinski definition) is 6. The van der Waals surface area contributed by atoms with E-state index in [0.717, 1.165) is 11.1 Å². The number of nitrogens with zero attached hydrogens (tertiary/aromatic N) is 2. The molecule has 0 spiro atoms. The van der Waals surface area contributed by atoms with E-state index in [9.17, 15) is 9.59 Å². The van der Waals surface area contributed by atoms with Crippen LogP contribution in [0.1, 0.15) is 16.7 Å². The highest BCUT2D eigenvalue weighted by Gasteiger charge is 2.16. The van der Waals surface area contributed by atoms with E-state index in [2.05, 4.69) is 9.98 Å². The Morgan fingerprint density at radius 3 is 2.06 bits per heavy atom. The number of aliphatic imine (C=N–C) groups is 1. The number of methoxy groups -OCH3 is 1. The van der Waals surface area contributed by atoms with Crippen LogP contribution in [0.3, 0.4) is 0 Å². The maximum atomic E-state index is 12.1.